The predicted molar refractivity (Wildman–Crippen MR) is 61.4 cm³/mol. The molecule has 0 spiro atoms. The average Bonchev–Trinajstić information content (AvgIpc) is 2.52. The molecule has 1 atom stereocenters. The van der Waals surface area contributed by atoms with Crippen LogP contribution in [0.1, 0.15) is 12.5 Å². The maximum absolute atomic E-state index is 6.09. The summed E-state index contributed by atoms with van der Waals surface area (Å²) < 4.78 is 5.14. The van der Waals surface area contributed by atoms with Crippen molar-refractivity contribution in [3.8, 4) is 0 Å². The van der Waals surface area contributed by atoms with Crippen molar-refractivity contribution in [3.05, 3.63) is 33.8 Å². The Kier molecular flexibility index (Phi) is 2.52. The van der Waals surface area contributed by atoms with Crippen molar-refractivity contribution in [2.24, 2.45) is 10.7 Å². The molecule has 1 aromatic rings. The molecular formula is C10H10Cl2N2O. The summed E-state index contributed by atoms with van der Waals surface area (Å²) in [6.07, 6.45) is 0. The van der Waals surface area contributed by atoms with E-state index in [4.69, 9.17) is 33.7 Å². The molecule has 0 fully saturated rings. The third kappa shape index (κ3) is 1.90. The van der Waals surface area contributed by atoms with E-state index in [1.165, 1.54) is 0 Å². The Morgan fingerprint density at radius 3 is 2.80 bits per heavy atom. The molecule has 0 aliphatic carbocycles. The summed E-state index contributed by atoms with van der Waals surface area (Å²) in [6, 6.07) is 5.46. The summed E-state index contributed by atoms with van der Waals surface area (Å²) in [7, 11) is 0. The highest BCUT2D eigenvalue weighted by molar-refractivity contribution is 6.33. The van der Waals surface area contributed by atoms with Crippen LogP contribution in [0.5, 0.6) is 0 Å². The SMILES string of the molecule is C[C@]1(c2cc(Cl)ccc2Cl)COC(N)=N1. The van der Waals surface area contributed by atoms with Gasteiger partial charge in [0.2, 0.25) is 0 Å². The second kappa shape index (κ2) is 3.58. The van der Waals surface area contributed by atoms with Crippen molar-refractivity contribution in [3.63, 3.8) is 0 Å². The zero-order valence-corrected chi connectivity index (χ0v) is 9.64. The molecule has 1 aliphatic heterocycles. The molecule has 3 nitrogen and oxygen atoms in total. The number of ether oxygens (including phenoxy) is 1. The Labute approximate surface area is 97.8 Å². The number of nitrogens with two attached hydrogens (primary N) is 1. The van der Waals surface area contributed by atoms with Crippen LogP contribution in [0.3, 0.4) is 0 Å². The van der Waals surface area contributed by atoms with Gasteiger partial charge < -0.3 is 10.5 Å². The van der Waals surface area contributed by atoms with Gasteiger partial charge in [-0.25, -0.2) is 4.99 Å². The number of aliphatic imine (C=N–C) groups is 1. The molecule has 80 valence electrons. The van der Waals surface area contributed by atoms with Crippen molar-refractivity contribution in [2.75, 3.05) is 6.61 Å². The summed E-state index contributed by atoms with van der Waals surface area (Å²) >= 11 is 12.0. The zero-order valence-electron chi connectivity index (χ0n) is 8.13. The molecule has 0 saturated carbocycles. The molecule has 2 N–H and O–H groups in total. The van der Waals surface area contributed by atoms with E-state index in [0.717, 1.165) is 5.56 Å². The van der Waals surface area contributed by atoms with Crippen molar-refractivity contribution in [1.82, 2.24) is 0 Å². The van der Waals surface area contributed by atoms with E-state index in [0.29, 0.717) is 16.7 Å². The second-order valence-corrected chi connectivity index (χ2v) is 4.48. The van der Waals surface area contributed by atoms with E-state index in [1.807, 2.05) is 6.92 Å². The maximum Gasteiger partial charge on any atom is 0.283 e. The molecule has 2 rings (SSSR count). The lowest BCUT2D eigenvalue weighted by molar-refractivity contribution is 0.266. The third-order valence-corrected chi connectivity index (χ3v) is 2.93. The van der Waals surface area contributed by atoms with Crippen molar-refractivity contribution >= 4 is 29.2 Å². The molecule has 15 heavy (non-hydrogen) atoms. The number of hydrogen-bond acceptors (Lipinski definition) is 3. The van der Waals surface area contributed by atoms with Crippen LogP contribution in [-0.4, -0.2) is 12.6 Å². The molecule has 1 aliphatic rings. The van der Waals surface area contributed by atoms with E-state index < -0.39 is 5.54 Å². The fourth-order valence-electron chi connectivity index (χ4n) is 1.57. The first-order chi connectivity index (χ1) is 7.01. The predicted octanol–water partition coefficient (Wildman–Crippen LogP) is 2.55. The van der Waals surface area contributed by atoms with Gasteiger partial charge in [-0.1, -0.05) is 23.2 Å². The summed E-state index contributed by atoms with van der Waals surface area (Å²) in [6.45, 7) is 2.29. The van der Waals surface area contributed by atoms with E-state index in [2.05, 4.69) is 4.99 Å². The van der Waals surface area contributed by atoms with E-state index in [9.17, 15) is 0 Å². The van der Waals surface area contributed by atoms with Crippen LogP contribution in [0.2, 0.25) is 10.0 Å². The molecule has 0 unspecified atom stereocenters. The van der Waals surface area contributed by atoms with Crippen LogP contribution < -0.4 is 5.73 Å². The van der Waals surface area contributed by atoms with Gasteiger partial charge in [0, 0.05) is 15.6 Å². The van der Waals surface area contributed by atoms with Gasteiger partial charge >= 0.3 is 0 Å². The summed E-state index contributed by atoms with van der Waals surface area (Å²) in [5.41, 5.74) is 5.78. The zero-order chi connectivity index (χ0) is 11.1. The van der Waals surface area contributed by atoms with Crippen molar-refractivity contribution in [2.45, 2.75) is 12.5 Å². The lowest BCUT2D eigenvalue weighted by Crippen LogP contribution is -2.21. The quantitative estimate of drug-likeness (QED) is 0.826. The number of nitrogens with zero attached hydrogens (tertiary/aromatic N) is 1. The maximum atomic E-state index is 6.09. The normalized spacial score (nSPS) is 24.9. The number of hydrogen-bond donors (Lipinski definition) is 1. The monoisotopic (exact) mass is 244 g/mol. The Hall–Kier alpha value is -0.930. The van der Waals surface area contributed by atoms with Crippen LogP contribution in [0.15, 0.2) is 23.2 Å². The molecule has 0 radical (unpaired) electrons. The van der Waals surface area contributed by atoms with Gasteiger partial charge in [0.1, 0.15) is 12.1 Å². The first kappa shape index (κ1) is 10.6. The van der Waals surface area contributed by atoms with Crippen LogP contribution in [0.25, 0.3) is 0 Å². The van der Waals surface area contributed by atoms with Crippen molar-refractivity contribution in [1.29, 1.82) is 0 Å². The van der Waals surface area contributed by atoms with Crippen LogP contribution in [-0.2, 0) is 10.3 Å². The molecule has 0 saturated heterocycles. The van der Waals surface area contributed by atoms with Gasteiger partial charge in [-0.3, -0.25) is 0 Å². The molecule has 1 aromatic carbocycles. The minimum Gasteiger partial charge on any atom is -0.462 e. The minimum absolute atomic E-state index is 0.188. The van der Waals surface area contributed by atoms with Gasteiger partial charge in [0.25, 0.3) is 6.02 Å². The highest BCUT2D eigenvalue weighted by Crippen LogP contribution is 2.35. The minimum atomic E-state index is -0.536. The lowest BCUT2D eigenvalue weighted by Gasteiger charge is -2.20. The Bertz CT molecular complexity index is 433. The molecule has 5 heteroatoms. The van der Waals surface area contributed by atoms with Gasteiger partial charge in [0.15, 0.2) is 0 Å². The van der Waals surface area contributed by atoms with E-state index >= 15 is 0 Å². The largest absolute Gasteiger partial charge is 0.462 e. The first-order valence-electron chi connectivity index (χ1n) is 4.45. The molecule has 0 bridgehead atoms. The van der Waals surface area contributed by atoms with Gasteiger partial charge in [-0.05, 0) is 25.1 Å². The molecular weight excluding hydrogens is 235 g/mol. The summed E-state index contributed by atoms with van der Waals surface area (Å²) in [4.78, 5) is 4.22. The topological polar surface area (TPSA) is 47.6 Å². The van der Waals surface area contributed by atoms with Gasteiger partial charge in [0.05, 0.1) is 0 Å². The van der Waals surface area contributed by atoms with E-state index in [-0.39, 0.29) is 6.02 Å². The Balaban J connectivity index is 2.49. The fourth-order valence-corrected chi connectivity index (χ4v) is 2.06. The Morgan fingerprint density at radius 2 is 2.20 bits per heavy atom. The second-order valence-electron chi connectivity index (χ2n) is 3.64. The van der Waals surface area contributed by atoms with Crippen LogP contribution in [0, 0.1) is 0 Å². The van der Waals surface area contributed by atoms with Crippen LogP contribution >= 0.6 is 23.2 Å². The van der Waals surface area contributed by atoms with Crippen LogP contribution in [0.4, 0.5) is 0 Å². The third-order valence-electron chi connectivity index (χ3n) is 2.37. The highest BCUT2D eigenvalue weighted by atomic mass is 35.5. The molecule has 0 amide bonds. The summed E-state index contributed by atoms with van der Waals surface area (Å²) in [5.74, 6) is 0. The Morgan fingerprint density at radius 1 is 1.47 bits per heavy atom. The molecule has 1 heterocycles. The van der Waals surface area contributed by atoms with Gasteiger partial charge in [-0.15, -0.1) is 0 Å². The van der Waals surface area contributed by atoms with Crippen molar-refractivity contribution < 1.29 is 4.74 Å². The lowest BCUT2D eigenvalue weighted by atomic mass is 9.94. The number of halogens is 2. The summed E-state index contributed by atoms with van der Waals surface area (Å²) in [5, 5.41) is 1.24. The van der Waals surface area contributed by atoms with E-state index in [1.54, 1.807) is 18.2 Å². The number of amidine groups is 1. The van der Waals surface area contributed by atoms with Gasteiger partial charge in [-0.2, -0.15) is 0 Å². The standard InChI is InChI=1S/C10H10Cl2N2O/c1-10(5-15-9(13)14-10)7-4-6(11)2-3-8(7)12/h2-4H,5H2,1H3,(H2,13,14)/t10-/m1/s1. The average molecular weight is 245 g/mol. The smallest absolute Gasteiger partial charge is 0.283 e. The number of benzene rings is 1. The first-order valence-corrected chi connectivity index (χ1v) is 5.20. The fraction of sp³-hybridized carbons (Fsp3) is 0.300. The number of rotatable bonds is 1. The molecule has 0 aromatic heterocycles. The highest BCUT2D eigenvalue weighted by Gasteiger charge is 2.34.